The molecule has 0 bridgehead atoms. The average molecular weight is 279 g/mol. The molecule has 3 nitrogen and oxygen atoms in total. The molecule has 2 atom stereocenters. The lowest BCUT2D eigenvalue weighted by molar-refractivity contribution is -0.160. The number of nitrogens with one attached hydrogen (secondary N) is 1. The summed E-state index contributed by atoms with van der Waals surface area (Å²) >= 11 is 0. The first-order valence-corrected chi connectivity index (χ1v) is 7.04. The Labute approximate surface area is 119 Å². The molecular formula is C16H22FNO2. The Morgan fingerprint density at radius 2 is 1.90 bits per heavy atom. The van der Waals surface area contributed by atoms with Gasteiger partial charge in [-0.15, -0.1) is 0 Å². The molecular weight excluding hydrogens is 257 g/mol. The van der Waals surface area contributed by atoms with E-state index in [4.69, 9.17) is 4.74 Å². The summed E-state index contributed by atoms with van der Waals surface area (Å²) in [5, 5.41) is 3.27. The van der Waals surface area contributed by atoms with Gasteiger partial charge in [-0.05, 0) is 50.8 Å². The Bertz CT molecular complexity index is 464. The lowest BCUT2D eigenvalue weighted by Gasteiger charge is -2.31. The molecule has 1 N–H and O–H groups in total. The maximum atomic E-state index is 13.0. The molecule has 1 heterocycles. The van der Waals surface area contributed by atoms with Crippen LogP contribution in [0.25, 0.3) is 0 Å². The summed E-state index contributed by atoms with van der Waals surface area (Å²) < 4.78 is 18.4. The number of esters is 1. The number of carbonyl (C=O) groups excluding carboxylic acids is 1. The molecule has 1 aromatic rings. The van der Waals surface area contributed by atoms with Crippen LogP contribution in [0.1, 0.15) is 38.7 Å². The summed E-state index contributed by atoms with van der Waals surface area (Å²) in [7, 11) is 0. The first-order valence-electron chi connectivity index (χ1n) is 7.04. The Balaban J connectivity index is 2.01. The molecule has 1 aliphatic rings. The molecule has 0 amide bonds. The fraction of sp³-hybridized carbons (Fsp3) is 0.562. The highest BCUT2D eigenvalue weighted by atomic mass is 19.1. The topological polar surface area (TPSA) is 38.3 Å². The van der Waals surface area contributed by atoms with E-state index in [0.29, 0.717) is 6.54 Å². The monoisotopic (exact) mass is 279 g/mol. The lowest BCUT2D eigenvalue weighted by atomic mass is 9.85. The van der Waals surface area contributed by atoms with E-state index < -0.39 is 5.60 Å². The third kappa shape index (κ3) is 4.04. The summed E-state index contributed by atoms with van der Waals surface area (Å²) in [4.78, 5) is 12.1. The van der Waals surface area contributed by atoms with Gasteiger partial charge in [0.1, 0.15) is 11.4 Å². The minimum Gasteiger partial charge on any atom is -0.460 e. The molecule has 0 spiro atoms. The molecule has 0 aromatic heterocycles. The van der Waals surface area contributed by atoms with Gasteiger partial charge in [-0.2, -0.15) is 0 Å². The number of benzene rings is 1. The van der Waals surface area contributed by atoms with Crippen molar-refractivity contribution in [3.05, 3.63) is 35.6 Å². The van der Waals surface area contributed by atoms with Crippen LogP contribution < -0.4 is 5.32 Å². The number of hydrogen-bond acceptors (Lipinski definition) is 3. The van der Waals surface area contributed by atoms with E-state index in [-0.39, 0.29) is 23.6 Å². The van der Waals surface area contributed by atoms with Crippen molar-refractivity contribution in [3.63, 3.8) is 0 Å². The van der Waals surface area contributed by atoms with Crippen LogP contribution in [-0.2, 0) is 9.53 Å². The highest BCUT2D eigenvalue weighted by Gasteiger charge is 2.31. The fourth-order valence-electron chi connectivity index (χ4n) is 2.50. The van der Waals surface area contributed by atoms with E-state index in [1.165, 1.54) is 12.1 Å². The Morgan fingerprint density at radius 1 is 1.25 bits per heavy atom. The molecule has 20 heavy (non-hydrogen) atoms. The first kappa shape index (κ1) is 15.0. The van der Waals surface area contributed by atoms with Gasteiger partial charge in [0.2, 0.25) is 0 Å². The number of piperidine rings is 1. The van der Waals surface area contributed by atoms with Gasteiger partial charge < -0.3 is 10.1 Å². The van der Waals surface area contributed by atoms with Crippen LogP contribution in [0.15, 0.2) is 24.3 Å². The molecule has 0 radical (unpaired) electrons. The second-order valence-electron chi connectivity index (χ2n) is 6.37. The number of carbonyl (C=O) groups is 1. The van der Waals surface area contributed by atoms with Crippen LogP contribution in [0.3, 0.4) is 0 Å². The van der Waals surface area contributed by atoms with E-state index in [9.17, 15) is 9.18 Å². The molecule has 2 unspecified atom stereocenters. The minimum absolute atomic E-state index is 0.141. The zero-order chi connectivity index (χ0) is 14.8. The summed E-state index contributed by atoms with van der Waals surface area (Å²) in [6.45, 7) is 7.08. The highest BCUT2D eigenvalue weighted by Crippen LogP contribution is 2.28. The van der Waals surface area contributed by atoms with Crippen LogP contribution in [0, 0.1) is 11.7 Å². The van der Waals surface area contributed by atoms with Crippen molar-refractivity contribution in [1.82, 2.24) is 5.32 Å². The summed E-state index contributed by atoms with van der Waals surface area (Å²) in [5.41, 5.74) is 0.604. The van der Waals surface area contributed by atoms with Crippen molar-refractivity contribution in [1.29, 1.82) is 0 Å². The summed E-state index contributed by atoms with van der Waals surface area (Å²) in [5.74, 6) is -0.307. The highest BCUT2D eigenvalue weighted by molar-refractivity contribution is 5.73. The van der Waals surface area contributed by atoms with Gasteiger partial charge in [-0.25, -0.2) is 4.39 Å². The summed E-state index contributed by atoms with van der Waals surface area (Å²) in [6, 6.07) is 6.51. The SMILES string of the molecule is CC(C)(C)OC(=O)C1CNCC(c2ccc(F)cc2)C1. The predicted molar refractivity (Wildman–Crippen MR) is 76.0 cm³/mol. The zero-order valence-electron chi connectivity index (χ0n) is 12.3. The molecule has 1 aliphatic heterocycles. The van der Waals surface area contributed by atoms with Crippen molar-refractivity contribution in [3.8, 4) is 0 Å². The number of hydrogen-bond donors (Lipinski definition) is 1. The van der Waals surface area contributed by atoms with Crippen LogP contribution >= 0.6 is 0 Å². The van der Waals surface area contributed by atoms with Crippen LogP contribution in [0.2, 0.25) is 0 Å². The van der Waals surface area contributed by atoms with Gasteiger partial charge >= 0.3 is 5.97 Å². The molecule has 1 fully saturated rings. The van der Waals surface area contributed by atoms with Crippen LogP contribution in [0.4, 0.5) is 4.39 Å². The number of rotatable bonds is 2. The second kappa shape index (κ2) is 5.92. The molecule has 0 saturated carbocycles. The molecule has 4 heteroatoms. The third-order valence-electron chi connectivity index (χ3n) is 3.43. The maximum absolute atomic E-state index is 13.0. The smallest absolute Gasteiger partial charge is 0.310 e. The van der Waals surface area contributed by atoms with Crippen LogP contribution in [-0.4, -0.2) is 24.7 Å². The lowest BCUT2D eigenvalue weighted by Crippen LogP contribution is -2.41. The van der Waals surface area contributed by atoms with Gasteiger partial charge in [0.15, 0.2) is 0 Å². The van der Waals surface area contributed by atoms with Crippen LogP contribution in [0.5, 0.6) is 0 Å². The third-order valence-corrected chi connectivity index (χ3v) is 3.43. The van der Waals surface area contributed by atoms with Crippen molar-refractivity contribution in [2.45, 2.75) is 38.7 Å². The van der Waals surface area contributed by atoms with E-state index >= 15 is 0 Å². The van der Waals surface area contributed by atoms with Gasteiger partial charge in [0.25, 0.3) is 0 Å². The van der Waals surface area contributed by atoms with Crippen molar-refractivity contribution < 1.29 is 13.9 Å². The quantitative estimate of drug-likeness (QED) is 0.846. The largest absolute Gasteiger partial charge is 0.460 e. The van der Waals surface area contributed by atoms with Crippen molar-refractivity contribution >= 4 is 5.97 Å². The van der Waals surface area contributed by atoms with Gasteiger partial charge in [0.05, 0.1) is 5.92 Å². The molecule has 1 aromatic carbocycles. The van der Waals surface area contributed by atoms with Gasteiger partial charge in [-0.1, -0.05) is 12.1 Å². The fourth-order valence-corrected chi connectivity index (χ4v) is 2.50. The van der Waals surface area contributed by atoms with Gasteiger partial charge in [0, 0.05) is 13.1 Å². The standard InChI is InChI=1S/C16H22FNO2/c1-16(2,3)20-15(19)13-8-12(9-18-10-13)11-4-6-14(17)7-5-11/h4-7,12-13,18H,8-10H2,1-3H3. The van der Waals surface area contributed by atoms with E-state index in [0.717, 1.165) is 18.5 Å². The summed E-state index contributed by atoms with van der Waals surface area (Å²) in [6.07, 6.45) is 0.744. The predicted octanol–water partition coefficient (Wildman–Crippen LogP) is 2.86. The number of ether oxygens (including phenoxy) is 1. The minimum atomic E-state index is -0.458. The molecule has 2 rings (SSSR count). The normalized spacial score (nSPS) is 23.4. The number of halogens is 1. The Kier molecular flexibility index (Phi) is 4.43. The second-order valence-corrected chi connectivity index (χ2v) is 6.37. The van der Waals surface area contributed by atoms with Crippen molar-refractivity contribution in [2.75, 3.05) is 13.1 Å². The first-order chi connectivity index (χ1) is 9.35. The van der Waals surface area contributed by atoms with E-state index in [1.807, 2.05) is 20.8 Å². The van der Waals surface area contributed by atoms with Gasteiger partial charge in [-0.3, -0.25) is 4.79 Å². The van der Waals surface area contributed by atoms with Crippen molar-refractivity contribution in [2.24, 2.45) is 5.92 Å². The zero-order valence-corrected chi connectivity index (χ0v) is 12.3. The van der Waals surface area contributed by atoms with E-state index in [1.54, 1.807) is 12.1 Å². The molecule has 1 saturated heterocycles. The maximum Gasteiger partial charge on any atom is 0.310 e. The Morgan fingerprint density at radius 3 is 2.50 bits per heavy atom. The average Bonchev–Trinajstić information content (AvgIpc) is 2.38. The Hall–Kier alpha value is -1.42. The van der Waals surface area contributed by atoms with E-state index in [2.05, 4.69) is 5.32 Å². The molecule has 0 aliphatic carbocycles. The molecule has 110 valence electrons.